The highest BCUT2D eigenvalue weighted by atomic mass is 16.2. The maximum absolute atomic E-state index is 11.8. The molecule has 0 saturated carbocycles. The molecule has 2 heterocycles. The number of anilines is 1. The van der Waals surface area contributed by atoms with Crippen molar-refractivity contribution in [1.29, 1.82) is 0 Å². The number of urea groups is 1. The molecule has 3 rings (SSSR count). The van der Waals surface area contributed by atoms with Crippen LogP contribution in [0.1, 0.15) is 0 Å². The Morgan fingerprint density at radius 1 is 1.22 bits per heavy atom. The minimum atomic E-state index is -0.285. The Morgan fingerprint density at radius 2 is 2.00 bits per heavy atom. The summed E-state index contributed by atoms with van der Waals surface area (Å²) in [6.07, 6.45) is 4.90. The van der Waals surface area contributed by atoms with Gasteiger partial charge in [0.15, 0.2) is 5.82 Å². The Bertz CT molecular complexity index is 678. The summed E-state index contributed by atoms with van der Waals surface area (Å²) in [5, 5.41) is 2.61. The first-order valence-electron chi connectivity index (χ1n) is 5.43. The van der Waals surface area contributed by atoms with Crippen LogP contribution in [0.2, 0.25) is 0 Å². The Kier molecular flexibility index (Phi) is 2.30. The standard InChI is InChI=1S/C13H10N4O/c1-9-6-7-17(13(18)15-9)12-8-14-10-4-2-3-5-11(10)16-12/h2-8H,1H2,(H,15,18). The van der Waals surface area contributed by atoms with Gasteiger partial charge in [-0.1, -0.05) is 18.7 Å². The Morgan fingerprint density at radius 3 is 2.78 bits per heavy atom. The number of hydrogen-bond donors (Lipinski definition) is 1. The molecule has 1 N–H and O–H groups in total. The van der Waals surface area contributed by atoms with E-state index in [9.17, 15) is 4.79 Å². The van der Waals surface area contributed by atoms with Gasteiger partial charge in [-0.05, 0) is 18.2 Å². The van der Waals surface area contributed by atoms with Crippen molar-refractivity contribution in [2.45, 2.75) is 0 Å². The monoisotopic (exact) mass is 238 g/mol. The molecule has 5 nitrogen and oxygen atoms in total. The first-order chi connectivity index (χ1) is 8.74. The van der Waals surface area contributed by atoms with Crippen molar-refractivity contribution in [3.8, 4) is 0 Å². The van der Waals surface area contributed by atoms with Gasteiger partial charge >= 0.3 is 6.03 Å². The lowest BCUT2D eigenvalue weighted by Crippen LogP contribution is -2.39. The number of hydrogen-bond acceptors (Lipinski definition) is 3. The molecule has 1 aliphatic rings. The first kappa shape index (κ1) is 10.5. The van der Waals surface area contributed by atoms with Gasteiger partial charge in [-0.3, -0.25) is 9.88 Å². The van der Waals surface area contributed by atoms with E-state index in [0.29, 0.717) is 11.5 Å². The third-order valence-electron chi connectivity index (χ3n) is 2.59. The number of nitrogens with one attached hydrogen (secondary N) is 1. The van der Waals surface area contributed by atoms with Crippen molar-refractivity contribution in [3.05, 3.63) is 55.0 Å². The molecule has 2 amide bonds. The maximum atomic E-state index is 11.8. The summed E-state index contributed by atoms with van der Waals surface area (Å²) in [4.78, 5) is 21.8. The van der Waals surface area contributed by atoms with Gasteiger partial charge in [0.2, 0.25) is 0 Å². The summed E-state index contributed by atoms with van der Waals surface area (Å²) in [5.41, 5.74) is 2.11. The summed E-state index contributed by atoms with van der Waals surface area (Å²) in [7, 11) is 0. The van der Waals surface area contributed by atoms with Gasteiger partial charge in [-0.15, -0.1) is 0 Å². The Balaban J connectivity index is 2.07. The van der Waals surface area contributed by atoms with Crippen molar-refractivity contribution in [1.82, 2.24) is 15.3 Å². The van der Waals surface area contributed by atoms with E-state index in [2.05, 4.69) is 21.9 Å². The minimum Gasteiger partial charge on any atom is -0.308 e. The smallest absolute Gasteiger partial charge is 0.308 e. The van der Waals surface area contributed by atoms with Crippen LogP contribution < -0.4 is 10.2 Å². The van der Waals surface area contributed by atoms with Gasteiger partial charge in [0.1, 0.15) is 0 Å². The van der Waals surface area contributed by atoms with Crippen LogP contribution >= 0.6 is 0 Å². The van der Waals surface area contributed by atoms with Gasteiger partial charge in [-0.25, -0.2) is 9.78 Å². The summed E-state index contributed by atoms with van der Waals surface area (Å²) in [6, 6.07) is 7.23. The number of amides is 2. The van der Waals surface area contributed by atoms with Gasteiger partial charge in [0, 0.05) is 11.9 Å². The fourth-order valence-electron chi connectivity index (χ4n) is 1.72. The van der Waals surface area contributed by atoms with E-state index in [0.717, 1.165) is 11.0 Å². The molecule has 0 bridgehead atoms. The molecule has 0 aliphatic carbocycles. The zero-order valence-corrected chi connectivity index (χ0v) is 9.50. The quantitative estimate of drug-likeness (QED) is 0.828. The number of allylic oxidation sites excluding steroid dienone is 1. The lowest BCUT2D eigenvalue weighted by Gasteiger charge is -2.22. The number of carbonyl (C=O) groups excluding carboxylic acids is 1. The molecule has 88 valence electrons. The van der Waals surface area contributed by atoms with E-state index >= 15 is 0 Å². The number of carbonyl (C=O) groups is 1. The molecular formula is C13H10N4O. The molecule has 1 aliphatic heterocycles. The topological polar surface area (TPSA) is 58.1 Å². The van der Waals surface area contributed by atoms with Crippen LogP contribution in [0.5, 0.6) is 0 Å². The number of fused-ring (bicyclic) bond motifs is 1. The van der Waals surface area contributed by atoms with Crippen molar-refractivity contribution in [2.75, 3.05) is 4.90 Å². The van der Waals surface area contributed by atoms with E-state index in [-0.39, 0.29) is 6.03 Å². The number of para-hydroxylation sites is 2. The molecule has 0 atom stereocenters. The molecule has 2 aromatic rings. The second-order valence-corrected chi connectivity index (χ2v) is 3.86. The molecule has 0 fully saturated rings. The number of rotatable bonds is 1. The average molecular weight is 238 g/mol. The Labute approximate surface area is 103 Å². The molecule has 1 aromatic heterocycles. The van der Waals surface area contributed by atoms with E-state index < -0.39 is 0 Å². The molecule has 0 unspecified atom stereocenters. The molecule has 5 heteroatoms. The van der Waals surface area contributed by atoms with Gasteiger partial charge in [0.05, 0.1) is 17.2 Å². The van der Waals surface area contributed by atoms with Crippen LogP contribution in [-0.2, 0) is 0 Å². The fourth-order valence-corrected chi connectivity index (χ4v) is 1.72. The van der Waals surface area contributed by atoms with Crippen molar-refractivity contribution in [2.24, 2.45) is 0 Å². The van der Waals surface area contributed by atoms with Gasteiger partial charge in [0.25, 0.3) is 0 Å². The van der Waals surface area contributed by atoms with E-state index in [1.54, 1.807) is 18.5 Å². The van der Waals surface area contributed by atoms with Crippen molar-refractivity contribution < 1.29 is 4.79 Å². The predicted octanol–water partition coefficient (Wildman–Crippen LogP) is 2.19. The van der Waals surface area contributed by atoms with Crippen molar-refractivity contribution >= 4 is 22.9 Å². The molecule has 0 radical (unpaired) electrons. The average Bonchev–Trinajstić information content (AvgIpc) is 2.38. The highest BCUT2D eigenvalue weighted by Gasteiger charge is 2.18. The summed E-state index contributed by atoms with van der Waals surface area (Å²) in [5.74, 6) is 0.481. The van der Waals surface area contributed by atoms with Crippen LogP contribution in [0, 0.1) is 0 Å². The van der Waals surface area contributed by atoms with Crippen LogP contribution in [0.25, 0.3) is 11.0 Å². The summed E-state index contributed by atoms with van der Waals surface area (Å²) < 4.78 is 0. The molecule has 18 heavy (non-hydrogen) atoms. The predicted molar refractivity (Wildman–Crippen MR) is 68.8 cm³/mol. The van der Waals surface area contributed by atoms with Gasteiger partial charge in [-0.2, -0.15) is 0 Å². The van der Waals surface area contributed by atoms with E-state index in [1.807, 2.05) is 24.3 Å². The summed E-state index contributed by atoms with van der Waals surface area (Å²) >= 11 is 0. The third kappa shape index (κ3) is 1.71. The highest BCUT2D eigenvalue weighted by Crippen LogP contribution is 2.17. The van der Waals surface area contributed by atoms with Crippen LogP contribution in [-0.4, -0.2) is 16.0 Å². The normalized spacial score (nSPS) is 15.0. The maximum Gasteiger partial charge on any atom is 0.331 e. The molecule has 0 saturated heterocycles. The third-order valence-corrected chi connectivity index (χ3v) is 2.59. The highest BCUT2D eigenvalue weighted by molar-refractivity contribution is 5.96. The number of nitrogens with zero attached hydrogens (tertiary/aromatic N) is 3. The molecule has 1 aromatic carbocycles. The summed E-state index contributed by atoms with van der Waals surface area (Å²) in [6.45, 7) is 3.66. The number of benzene rings is 1. The minimum absolute atomic E-state index is 0.285. The molecular weight excluding hydrogens is 228 g/mol. The fraction of sp³-hybridized carbons (Fsp3) is 0. The number of aromatic nitrogens is 2. The zero-order chi connectivity index (χ0) is 12.5. The van der Waals surface area contributed by atoms with Gasteiger partial charge < -0.3 is 5.32 Å². The second kappa shape index (κ2) is 3.96. The van der Waals surface area contributed by atoms with E-state index in [4.69, 9.17) is 0 Å². The van der Waals surface area contributed by atoms with Crippen LogP contribution in [0.15, 0.2) is 55.0 Å². The molecule has 0 spiro atoms. The SMILES string of the molecule is C=C1C=CN(c2cnc3ccccc3n2)C(=O)N1. The zero-order valence-electron chi connectivity index (χ0n) is 9.50. The lowest BCUT2D eigenvalue weighted by molar-refractivity contribution is 0.250. The lowest BCUT2D eigenvalue weighted by atomic mass is 10.3. The second-order valence-electron chi connectivity index (χ2n) is 3.86. The van der Waals surface area contributed by atoms with Crippen LogP contribution in [0.4, 0.5) is 10.6 Å². The van der Waals surface area contributed by atoms with Crippen LogP contribution in [0.3, 0.4) is 0 Å². The first-order valence-corrected chi connectivity index (χ1v) is 5.43. The Hall–Kier alpha value is -2.69. The van der Waals surface area contributed by atoms with E-state index in [1.165, 1.54) is 4.90 Å². The largest absolute Gasteiger partial charge is 0.331 e. The van der Waals surface area contributed by atoms with Crippen molar-refractivity contribution in [3.63, 3.8) is 0 Å².